The standard InChI is InChI=1S/C19H21IN2O3/c1-25-17-7-12(6-15(20)19(17)24)8-21-9-13-5-14(11-21)16-3-2-4-18(23)22(16)10-13/h2-4,6-7,13-14,24H,5,8-11H2,1H3/t13-,14-/m0/s1. The maximum absolute atomic E-state index is 12.1. The number of fused-ring (bicyclic) bond motifs is 4. The van der Waals surface area contributed by atoms with Crippen molar-refractivity contribution in [3.63, 3.8) is 0 Å². The number of likely N-dealkylation sites (tertiary alicyclic amines) is 1. The van der Waals surface area contributed by atoms with Gasteiger partial charge in [0.25, 0.3) is 5.56 Å². The minimum Gasteiger partial charge on any atom is -0.504 e. The van der Waals surface area contributed by atoms with Crippen molar-refractivity contribution in [2.75, 3.05) is 20.2 Å². The van der Waals surface area contributed by atoms with E-state index in [1.165, 1.54) is 5.69 Å². The van der Waals surface area contributed by atoms with Gasteiger partial charge in [-0.2, -0.15) is 0 Å². The van der Waals surface area contributed by atoms with Crippen LogP contribution in [-0.4, -0.2) is 34.8 Å². The van der Waals surface area contributed by atoms with Crippen molar-refractivity contribution in [1.82, 2.24) is 9.47 Å². The van der Waals surface area contributed by atoms with Gasteiger partial charge in [0.15, 0.2) is 11.5 Å². The second kappa shape index (κ2) is 6.64. The van der Waals surface area contributed by atoms with Crippen LogP contribution in [0.15, 0.2) is 35.1 Å². The fraction of sp³-hybridized carbons (Fsp3) is 0.421. The first-order chi connectivity index (χ1) is 12.0. The zero-order chi connectivity index (χ0) is 17.6. The van der Waals surface area contributed by atoms with Gasteiger partial charge in [0.05, 0.1) is 10.7 Å². The molecule has 0 saturated carbocycles. The molecule has 0 spiro atoms. The van der Waals surface area contributed by atoms with Gasteiger partial charge in [0.2, 0.25) is 0 Å². The first-order valence-electron chi connectivity index (χ1n) is 8.52. The Morgan fingerprint density at radius 3 is 2.92 bits per heavy atom. The summed E-state index contributed by atoms with van der Waals surface area (Å²) in [5.74, 6) is 1.66. The number of nitrogens with zero attached hydrogens (tertiary/aromatic N) is 2. The largest absolute Gasteiger partial charge is 0.504 e. The highest BCUT2D eigenvalue weighted by molar-refractivity contribution is 14.1. The molecular formula is C19H21IN2O3. The Hall–Kier alpha value is -1.54. The number of rotatable bonds is 3. The Kier molecular flexibility index (Phi) is 4.49. The Labute approximate surface area is 160 Å². The van der Waals surface area contributed by atoms with Crippen molar-refractivity contribution in [1.29, 1.82) is 0 Å². The lowest BCUT2D eigenvalue weighted by atomic mass is 9.83. The molecule has 6 heteroatoms. The van der Waals surface area contributed by atoms with Gasteiger partial charge < -0.3 is 14.4 Å². The number of halogens is 1. The van der Waals surface area contributed by atoms with Crippen LogP contribution in [0, 0.1) is 9.49 Å². The van der Waals surface area contributed by atoms with Crippen LogP contribution in [0.1, 0.15) is 23.6 Å². The third-order valence-electron chi connectivity index (χ3n) is 5.27. The van der Waals surface area contributed by atoms with Crippen LogP contribution in [0.5, 0.6) is 11.5 Å². The zero-order valence-electron chi connectivity index (χ0n) is 14.1. The molecule has 1 aromatic carbocycles. The Morgan fingerprint density at radius 2 is 2.12 bits per heavy atom. The number of aromatic hydroxyl groups is 1. The van der Waals surface area contributed by atoms with Gasteiger partial charge in [-0.1, -0.05) is 6.07 Å². The Bertz CT molecular complexity index is 864. The minimum absolute atomic E-state index is 0.124. The fourth-order valence-electron chi connectivity index (χ4n) is 4.26. The maximum Gasteiger partial charge on any atom is 0.250 e. The molecule has 25 heavy (non-hydrogen) atoms. The predicted octanol–water partition coefficient (Wildman–Crippen LogP) is 2.79. The maximum atomic E-state index is 12.1. The molecule has 3 heterocycles. The number of ether oxygens (including phenoxy) is 1. The number of aromatic nitrogens is 1. The number of benzene rings is 1. The van der Waals surface area contributed by atoms with Crippen molar-refractivity contribution >= 4 is 22.6 Å². The monoisotopic (exact) mass is 452 g/mol. The lowest BCUT2D eigenvalue weighted by Crippen LogP contribution is -2.46. The second-order valence-electron chi connectivity index (χ2n) is 7.02. The minimum atomic E-state index is 0.124. The summed E-state index contributed by atoms with van der Waals surface area (Å²) in [5.41, 5.74) is 2.44. The van der Waals surface area contributed by atoms with E-state index in [4.69, 9.17) is 4.74 Å². The second-order valence-corrected chi connectivity index (χ2v) is 8.18. The fourth-order valence-corrected chi connectivity index (χ4v) is 4.92. The predicted molar refractivity (Wildman–Crippen MR) is 104 cm³/mol. The number of piperidine rings is 1. The van der Waals surface area contributed by atoms with Crippen LogP contribution < -0.4 is 10.3 Å². The van der Waals surface area contributed by atoms with E-state index in [9.17, 15) is 9.90 Å². The van der Waals surface area contributed by atoms with Crippen LogP contribution in [0.2, 0.25) is 0 Å². The van der Waals surface area contributed by atoms with Crippen molar-refractivity contribution in [3.8, 4) is 11.5 Å². The molecule has 2 aromatic rings. The summed E-state index contributed by atoms with van der Waals surface area (Å²) in [6.45, 7) is 3.60. The quantitative estimate of drug-likeness (QED) is 0.729. The molecule has 1 saturated heterocycles. The molecular weight excluding hydrogens is 431 g/mol. The van der Waals surface area contributed by atoms with Crippen molar-refractivity contribution in [2.24, 2.45) is 5.92 Å². The van der Waals surface area contributed by atoms with E-state index >= 15 is 0 Å². The summed E-state index contributed by atoms with van der Waals surface area (Å²) in [6, 6.07) is 9.56. The SMILES string of the molecule is COc1cc(CN2C[C@@H]3C[C@@H](C2)c2cccc(=O)n2C3)cc(I)c1O. The van der Waals surface area contributed by atoms with Gasteiger partial charge in [0.1, 0.15) is 0 Å². The van der Waals surface area contributed by atoms with Crippen LogP contribution in [0.25, 0.3) is 0 Å². The number of phenols is 1. The molecule has 2 aliphatic heterocycles. The average Bonchev–Trinajstić information content (AvgIpc) is 2.59. The molecule has 4 rings (SSSR count). The summed E-state index contributed by atoms with van der Waals surface area (Å²) in [5, 5.41) is 10.0. The molecule has 0 radical (unpaired) electrons. The molecule has 0 unspecified atom stereocenters. The van der Waals surface area contributed by atoms with Crippen LogP contribution in [0.4, 0.5) is 0 Å². The normalized spacial score (nSPS) is 22.5. The number of phenolic OH excluding ortho intramolecular Hbond substituents is 1. The highest BCUT2D eigenvalue weighted by atomic mass is 127. The van der Waals surface area contributed by atoms with Crippen LogP contribution in [0.3, 0.4) is 0 Å². The van der Waals surface area contributed by atoms with Gasteiger partial charge in [0, 0.05) is 43.9 Å². The lowest BCUT2D eigenvalue weighted by molar-refractivity contribution is 0.114. The van der Waals surface area contributed by atoms with Crippen LogP contribution in [-0.2, 0) is 13.1 Å². The Morgan fingerprint density at radius 1 is 1.28 bits per heavy atom. The number of hydrogen-bond acceptors (Lipinski definition) is 4. The van der Waals surface area contributed by atoms with Crippen molar-refractivity contribution in [3.05, 3.63) is 55.5 Å². The van der Waals surface area contributed by atoms with Gasteiger partial charge in [-0.3, -0.25) is 9.69 Å². The van der Waals surface area contributed by atoms with Crippen LogP contribution >= 0.6 is 22.6 Å². The summed E-state index contributed by atoms with van der Waals surface area (Å²) >= 11 is 2.14. The highest BCUT2D eigenvalue weighted by Gasteiger charge is 2.34. The summed E-state index contributed by atoms with van der Waals surface area (Å²) < 4.78 is 8.05. The molecule has 2 aliphatic rings. The molecule has 0 aliphatic carbocycles. The molecule has 1 fully saturated rings. The molecule has 132 valence electrons. The first-order valence-corrected chi connectivity index (χ1v) is 9.60. The summed E-state index contributed by atoms with van der Waals surface area (Å²) in [7, 11) is 1.58. The van der Waals surface area contributed by atoms with E-state index in [0.717, 1.165) is 41.7 Å². The first kappa shape index (κ1) is 16.9. The van der Waals surface area contributed by atoms with E-state index in [0.29, 0.717) is 17.6 Å². The molecule has 5 nitrogen and oxygen atoms in total. The molecule has 0 amide bonds. The molecule has 2 atom stereocenters. The van der Waals surface area contributed by atoms with E-state index in [1.54, 1.807) is 13.2 Å². The molecule has 2 bridgehead atoms. The van der Waals surface area contributed by atoms with Crippen molar-refractivity contribution < 1.29 is 9.84 Å². The molecule has 1 aromatic heterocycles. The van der Waals surface area contributed by atoms with E-state index in [2.05, 4.69) is 33.6 Å². The Balaban J connectivity index is 1.57. The zero-order valence-corrected chi connectivity index (χ0v) is 16.3. The lowest BCUT2D eigenvalue weighted by Gasteiger charge is -2.42. The summed E-state index contributed by atoms with van der Waals surface area (Å²) in [4.78, 5) is 14.6. The number of hydrogen-bond donors (Lipinski definition) is 1. The summed E-state index contributed by atoms with van der Waals surface area (Å²) in [6.07, 6.45) is 1.16. The van der Waals surface area contributed by atoms with Gasteiger partial charge >= 0.3 is 0 Å². The van der Waals surface area contributed by atoms with E-state index < -0.39 is 0 Å². The van der Waals surface area contributed by atoms with Gasteiger partial charge in [-0.05, 0) is 58.7 Å². The van der Waals surface area contributed by atoms with Crippen molar-refractivity contribution in [2.45, 2.75) is 25.4 Å². The third kappa shape index (κ3) is 3.17. The molecule has 1 N–H and O–H groups in total. The highest BCUT2D eigenvalue weighted by Crippen LogP contribution is 2.37. The van der Waals surface area contributed by atoms with E-state index in [1.807, 2.05) is 22.8 Å². The van der Waals surface area contributed by atoms with E-state index in [-0.39, 0.29) is 11.3 Å². The average molecular weight is 452 g/mol. The third-order valence-corrected chi connectivity index (χ3v) is 6.09. The van der Waals surface area contributed by atoms with Gasteiger partial charge in [-0.15, -0.1) is 0 Å². The topological polar surface area (TPSA) is 54.7 Å². The number of methoxy groups -OCH3 is 1. The van der Waals surface area contributed by atoms with Gasteiger partial charge in [-0.25, -0.2) is 0 Å². The smallest absolute Gasteiger partial charge is 0.250 e. The number of pyridine rings is 1.